The second kappa shape index (κ2) is 7.35. The van der Waals surface area contributed by atoms with Crippen LogP contribution >= 0.6 is 0 Å². The van der Waals surface area contributed by atoms with E-state index < -0.39 is 11.9 Å². The smallest absolute Gasteiger partial charge is 0.329 e. The minimum atomic E-state index is -4.59. The average Bonchev–Trinajstić information content (AvgIpc) is 3.42. The monoisotopic (exact) mass is 432 g/mol. The molecule has 1 aliphatic heterocycles. The second-order valence-corrected chi connectivity index (χ2v) is 8.42. The van der Waals surface area contributed by atoms with E-state index in [1.807, 2.05) is 19.3 Å². The summed E-state index contributed by atoms with van der Waals surface area (Å²) in [5.41, 5.74) is 0.347. The van der Waals surface area contributed by atoms with Crippen molar-refractivity contribution >= 4 is 11.6 Å². The van der Waals surface area contributed by atoms with Gasteiger partial charge in [-0.3, -0.25) is 9.48 Å². The first-order chi connectivity index (χ1) is 14.8. The standard InChI is InChI=1S/C21H23F3N6O/c1-28-10-8-14(26-28)17-5-3-2-4-9-29(17)20(31)16-12-19-25-15(13-6-7-13)11-18(21(22,23)24)30(19)27-16/h8,10-13,17H,2-7,9H2,1H3. The lowest BCUT2D eigenvalue weighted by atomic mass is 10.1. The van der Waals surface area contributed by atoms with Gasteiger partial charge in [0.25, 0.3) is 5.91 Å². The summed E-state index contributed by atoms with van der Waals surface area (Å²) in [6.07, 6.45) is 2.45. The van der Waals surface area contributed by atoms with Crippen LogP contribution in [-0.4, -0.2) is 41.7 Å². The summed E-state index contributed by atoms with van der Waals surface area (Å²) in [6, 6.07) is 4.10. The molecule has 0 N–H and O–H groups in total. The molecule has 4 heterocycles. The van der Waals surface area contributed by atoms with Crippen LogP contribution in [-0.2, 0) is 13.2 Å². The van der Waals surface area contributed by atoms with E-state index in [1.54, 1.807) is 9.58 Å². The van der Waals surface area contributed by atoms with Gasteiger partial charge in [0.1, 0.15) is 5.69 Å². The maximum Gasteiger partial charge on any atom is 0.433 e. The Morgan fingerprint density at radius 2 is 1.87 bits per heavy atom. The van der Waals surface area contributed by atoms with Crippen molar-refractivity contribution in [3.05, 3.63) is 47.2 Å². The number of rotatable bonds is 3. The molecule has 31 heavy (non-hydrogen) atoms. The number of carbonyl (C=O) groups is 1. The van der Waals surface area contributed by atoms with Gasteiger partial charge in [-0.2, -0.15) is 23.4 Å². The third-order valence-corrected chi connectivity index (χ3v) is 6.04. The summed E-state index contributed by atoms with van der Waals surface area (Å²) < 4.78 is 43.5. The van der Waals surface area contributed by atoms with Crippen LogP contribution in [0.5, 0.6) is 0 Å². The van der Waals surface area contributed by atoms with Crippen molar-refractivity contribution < 1.29 is 18.0 Å². The number of likely N-dealkylation sites (tertiary alicyclic amines) is 1. The molecular weight excluding hydrogens is 409 g/mol. The number of nitrogens with zero attached hydrogens (tertiary/aromatic N) is 6. The molecule has 1 unspecified atom stereocenters. The molecule has 1 saturated carbocycles. The molecule has 0 spiro atoms. The largest absolute Gasteiger partial charge is 0.433 e. The highest BCUT2D eigenvalue weighted by atomic mass is 19.4. The zero-order valence-electron chi connectivity index (χ0n) is 17.1. The van der Waals surface area contributed by atoms with Gasteiger partial charge in [0.05, 0.1) is 11.7 Å². The third kappa shape index (κ3) is 3.79. The lowest BCUT2D eigenvalue weighted by molar-refractivity contribution is -0.142. The van der Waals surface area contributed by atoms with Crippen LogP contribution in [0.4, 0.5) is 13.2 Å². The zero-order valence-corrected chi connectivity index (χ0v) is 17.1. The average molecular weight is 432 g/mol. The van der Waals surface area contributed by atoms with Crippen molar-refractivity contribution in [2.75, 3.05) is 6.54 Å². The highest BCUT2D eigenvalue weighted by molar-refractivity contribution is 5.93. The van der Waals surface area contributed by atoms with Gasteiger partial charge in [-0.05, 0) is 37.8 Å². The Morgan fingerprint density at radius 1 is 1.06 bits per heavy atom. The van der Waals surface area contributed by atoms with E-state index in [9.17, 15) is 18.0 Å². The summed E-state index contributed by atoms with van der Waals surface area (Å²) >= 11 is 0. The van der Waals surface area contributed by atoms with Crippen molar-refractivity contribution in [2.24, 2.45) is 7.05 Å². The molecule has 7 nitrogen and oxygen atoms in total. The third-order valence-electron chi connectivity index (χ3n) is 6.04. The molecule has 3 aromatic heterocycles. The quantitative estimate of drug-likeness (QED) is 0.625. The molecule has 0 bridgehead atoms. The fraction of sp³-hybridized carbons (Fsp3) is 0.524. The minimum absolute atomic E-state index is 0.0196. The molecule has 164 valence electrons. The molecule has 1 aliphatic carbocycles. The Labute approximate surface area is 176 Å². The van der Waals surface area contributed by atoms with Crippen LogP contribution in [0.15, 0.2) is 24.4 Å². The Hall–Kier alpha value is -2.91. The van der Waals surface area contributed by atoms with E-state index in [1.165, 1.54) is 6.07 Å². The van der Waals surface area contributed by atoms with Gasteiger partial charge in [-0.1, -0.05) is 12.8 Å². The van der Waals surface area contributed by atoms with Crippen LogP contribution in [0, 0.1) is 0 Å². The number of amides is 1. The van der Waals surface area contributed by atoms with Crippen LogP contribution in [0.25, 0.3) is 5.65 Å². The summed E-state index contributed by atoms with van der Waals surface area (Å²) in [4.78, 5) is 19.5. The van der Waals surface area contributed by atoms with Crippen LogP contribution in [0.1, 0.15) is 78.1 Å². The number of hydrogen-bond acceptors (Lipinski definition) is 4. The number of halogens is 3. The number of carbonyl (C=O) groups excluding carboxylic acids is 1. The van der Waals surface area contributed by atoms with Crippen molar-refractivity contribution in [3.63, 3.8) is 0 Å². The second-order valence-electron chi connectivity index (χ2n) is 8.42. The maximum atomic E-state index is 13.7. The highest BCUT2D eigenvalue weighted by Gasteiger charge is 2.38. The number of aryl methyl sites for hydroxylation is 1. The van der Waals surface area contributed by atoms with Gasteiger partial charge < -0.3 is 4.90 Å². The molecule has 10 heteroatoms. The molecular formula is C21H23F3N6O. The molecule has 0 aromatic carbocycles. The number of hydrogen-bond donors (Lipinski definition) is 0. The zero-order chi connectivity index (χ0) is 21.8. The van der Waals surface area contributed by atoms with E-state index in [4.69, 9.17) is 0 Å². The van der Waals surface area contributed by atoms with Crippen molar-refractivity contribution in [1.29, 1.82) is 0 Å². The van der Waals surface area contributed by atoms with Crippen molar-refractivity contribution in [3.8, 4) is 0 Å². The van der Waals surface area contributed by atoms with Gasteiger partial charge >= 0.3 is 6.18 Å². The molecule has 1 amide bonds. The fourth-order valence-corrected chi connectivity index (χ4v) is 4.31. The molecule has 0 radical (unpaired) electrons. The summed E-state index contributed by atoms with van der Waals surface area (Å²) in [5.74, 6) is -0.330. The summed E-state index contributed by atoms with van der Waals surface area (Å²) in [5, 5.41) is 8.52. The van der Waals surface area contributed by atoms with Gasteiger partial charge in [0.2, 0.25) is 0 Å². The van der Waals surface area contributed by atoms with Crippen LogP contribution in [0.2, 0.25) is 0 Å². The molecule has 2 fully saturated rings. The van der Waals surface area contributed by atoms with Crippen LogP contribution < -0.4 is 0 Å². The fourth-order valence-electron chi connectivity index (χ4n) is 4.31. The number of fused-ring (bicyclic) bond motifs is 1. The predicted molar refractivity (Wildman–Crippen MR) is 105 cm³/mol. The van der Waals surface area contributed by atoms with Crippen molar-refractivity contribution in [2.45, 2.75) is 56.7 Å². The Balaban J connectivity index is 1.55. The highest BCUT2D eigenvalue weighted by Crippen LogP contribution is 2.41. The molecule has 1 atom stereocenters. The van der Waals surface area contributed by atoms with E-state index in [-0.39, 0.29) is 29.2 Å². The van der Waals surface area contributed by atoms with Gasteiger partial charge in [0, 0.05) is 37.5 Å². The van der Waals surface area contributed by atoms with E-state index in [0.717, 1.165) is 54.8 Å². The first kappa shape index (κ1) is 20.0. The number of aromatic nitrogens is 5. The molecule has 3 aromatic rings. The molecule has 1 saturated heterocycles. The normalized spacial score (nSPS) is 20.3. The minimum Gasteiger partial charge on any atom is -0.329 e. The Kier molecular flexibility index (Phi) is 4.75. The van der Waals surface area contributed by atoms with E-state index in [2.05, 4.69) is 15.2 Å². The van der Waals surface area contributed by atoms with Gasteiger partial charge in [-0.15, -0.1) is 0 Å². The first-order valence-electron chi connectivity index (χ1n) is 10.6. The van der Waals surface area contributed by atoms with Crippen LogP contribution in [0.3, 0.4) is 0 Å². The lowest BCUT2D eigenvalue weighted by Gasteiger charge is -2.28. The SMILES string of the molecule is Cn1ccc(C2CCCCCN2C(=O)c2cc3nc(C4CC4)cc(C(F)(F)F)n3n2)n1. The predicted octanol–water partition coefficient (Wildman–Crippen LogP) is 4.12. The Bertz CT molecular complexity index is 1130. The molecule has 2 aliphatic rings. The van der Waals surface area contributed by atoms with Crippen molar-refractivity contribution in [1.82, 2.24) is 29.3 Å². The molecule has 5 rings (SSSR count). The van der Waals surface area contributed by atoms with E-state index in [0.29, 0.717) is 12.2 Å². The Morgan fingerprint density at radius 3 is 2.55 bits per heavy atom. The number of alkyl halides is 3. The topological polar surface area (TPSA) is 68.3 Å². The maximum absolute atomic E-state index is 13.7. The first-order valence-corrected chi connectivity index (χ1v) is 10.6. The summed E-state index contributed by atoms with van der Waals surface area (Å²) in [6.45, 7) is 0.515. The van der Waals surface area contributed by atoms with E-state index >= 15 is 0 Å². The summed E-state index contributed by atoms with van der Waals surface area (Å²) in [7, 11) is 1.82. The van der Waals surface area contributed by atoms with Gasteiger partial charge in [-0.25, -0.2) is 9.50 Å². The lowest BCUT2D eigenvalue weighted by Crippen LogP contribution is -2.35. The van der Waals surface area contributed by atoms with Gasteiger partial charge in [0.15, 0.2) is 11.3 Å².